The van der Waals surface area contributed by atoms with Crippen molar-refractivity contribution in [2.75, 3.05) is 46.1 Å². The Bertz CT molecular complexity index is 546. The third-order valence-electron chi connectivity index (χ3n) is 5.65. The SMILES string of the molecule is CCN(C1=C(C)C(C(=O)O)=CCC1N1CCOCC1)C1CCOCC1. The molecule has 25 heavy (non-hydrogen) atoms. The third-order valence-corrected chi connectivity index (χ3v) is 5.65. The molecule has 2 aliphatic heterocycles. The van der Waals surface area contributed by atoms with E-state index in [1.807, 2.05) is 13.0 Å². The van der Waals surface area contributed by atoms with Crippen molar-refractivity contribution < 1.29 is 19.4 Å². The van der Waals surface area contributed by atoms with Crippen LogP contribution in [0, 0.1) is 0 Å². The molecule has 1 atom stereocenters. The average molecular weight is 350 g/mol. The molecule has 2 heterocycles. The summed E-state index contributed by atoms with van der Waals surface area (Å²) in [5, 5.41) is 9.61. The summed E-state index contributed by atoms with van der Waals surface area (Å²) < 4.78 is 11.1. The van der Waals surface area contributed by atoms with E-state index in [0.717, 1.165) is 70.9 Å². The minimum Gasteiger partial charge on any atom is -0.478 e. The third kappa shape index (κ3) is 3.91. The van der Waals surface area contributed by atoms with Crippen LogP contribution < -0.4 is 0 Å². The number of morpholine rings is 1. The van der Waals surface area contributed by atoms with Gasteiger partial charge in [0.25, 0.3) is 0 Å². The monoisotopic (exact) mass is 350 g/mol. The Morgan fingerprint density at radius 2 is 1.88 bits per heavy atom. The van der Waals surface area contributed by atoms with Gasteiger partial charge in [0.1, 0.15) is 0 Å². The van der Waals surface area contributed by atoms with E-state index >= 15 is 0 Å². The van der Waals surface area contributed by atoms with Gasteiger partial charge in [0.15, 0.2) is 0 Å². The largest absolute Gasteiger partial charge is 0.478 e. The van der Waals surface area contributed by atoms with E-state index < -0.39 is 5.97 Å². The summed E-state index contributed by atoms with van der Waals surface area (Å²) in [5.74, 6) is -0.821. The second-order valence-corrected chi connectivity index (χ2v) is 6.96. The lowest BCUT2D eigenvalue weighted by Crippen LogP contribution is -2.51. The number of ether oxygens (including phenoxy) is 2. The first-order valence-corrected chi connectivity index (χ1v) is 9.44. The molecular weight excluding hydrogens is 320 g/mol. The molecule has 3 aliphatic rings. The van der Waals surface area contributed by atoms with Gasteiger partial charge in [-0.2, -0.15) is 0 Å². The van der Waals surface area contributed by atoms with Gasteiger partial charge in [-0.15, -0.1) is 0 Å². The van der Waals surface area contributed by atoms with Crippen LogP contribution in [-0.2, 0) is 14.3 Å². The Hall–Kier alpha value is -1.37. The van der Waals surface area contributed by atoms with E-state index in [1.165, 1.54) is 5.70 Å². The molecule has 0 saturated carbocycles. The molecule has 6 nitrogen and oxygen atoms in total. The lowest BCUT2D eigenvalue weighted by molar-refractivity contribution is -0.132. The van der Waals surface area contributed by atoms with Crippen molar-refractivity contribution in [2.24, 2.45) is 0 Å². The van der Waals surface area contributed by atoms with Crippen LogP contribution in [-0.4, -0.2) is 79.0 Å². The number of hydrogen-bond acceptors (Lipinski definition) is 5. The Morgan fingerprint density at radius 1 is 1.24 bits per heavy atom. The molecule has 0 radical (unpaired) electrons. The van der Waals surface area contributed by atoms with Gasteiger partial charge in [0, 0.05) is 44.6 Å². The Kier molecular flexibility index (Phi) is 6.15. The summed E-state index contributed by atoms with van der Waals surface area (Å²) in [4.78, 5) is 16.6. The molecule has 0 amide bonds. The fraction of sp³-hybridized carbons (Fsp3) is 0.737. The molecule has 2 fully saturated rings. The number of aliphatic carboxylic acids is 1. The summed E-state index contributed by atoms with van der Waals surface area (Å²) in [7, 11) is 0. The summed E-state index contributed by atoms with van der Waals surface area (Å²) in [6.45, 7) is 9.93. The molecule has 6 heteroatoms. The Morgan fingerprint density at radius 3 is 2.48 bits per heavy atom. The van der Waals surface area contributed by atoms with Crippen molar-refractivity contribution in [3.8, 4) is 0 Å². The van der Waals surface area contributed by atoms with Crippen LogP contribution in [0.3, 0.4) is 0 Å². The molecule has 1 N–H and O–H groups in total. The van der Waals surface area contributed by atoms with Crippen LogP contribution in [0.15, 0.2) is 22.9 Å². The molecule has 0 aromatic rings. The molecule has 0 bridgehead atoms. The minimum atomic E-state index is -0.821. The molecule has 140 valence electrons. The first kappa shape index (κ1) is 18.4. The van der Waals surface area contributed by atoms with E-state index in [4.69, 9.17) is 9.47 Å². The van der Waals surface area contributed by atoms with Crippen molar-refractivity contribution in [3.63, 3.8) is 0 Å². The lowest BCUT2D eigenvalue weighted by atomic mass is 9.89. The van der Waals surface area contributed by atoms with E-state index in [0.29, 0.717) is 11.6 Å². The number of carboxylic acids is 1. The first-order valence-electron chi connectivity index (χ1n) is 9.44. The van der Waals surface area contributed by atoms with Gasteiger partial charge in [-0.1, -0.05) is 6.08 Å². The predicted molar refractivity (Wildman–Crippen MR) is 95.4 cm³/mol. The van der Waals surface area contributed by atoms with Crippen LogP contribution in [0.1, 0.15) is 33.1 Å². The van der Waals surface area contributed by atoms with Gasteiger partial charge in [-0.25, -0.2) is 4.79 Å². The van der Waals surface area contributed by atoms with E-state index in [9.17, 15) is 9.90 Å². The van der Waals surface area contributed by atoms with Crippen LogP contribution in [0.4, 0.5) is 0 Å². The van der Waals surface area contributed by atoms with Gasteiger partial charge >= 0.3 is 5.97 Å². The molecule has 0 spiro atoms. The van der Waals surface area contributed by atoms with Gasteiger partial charge in [0.2, 0.25) is 0 Å². The molecule has 0 aromatic heterocycles. The fourth-order valence-electron chi connectivity index (χ4n) is 4.37. The number of likely N-dealkylation sites (N-methyl/N-ethyl adjacent to an activating group) is 1. The Labute approximate surface area is 150 Å². The predicted octanol–water partition coefficient (Wildman–Crippen LogP) is 1.88. The number of carboxylic acid groups (broad SMARTS) is 1. The van der Waals surface area contributed by atoms with Gasteiger partial charge in [-0.3, -0.25) is 4.90 Å². The average Bonchev–Trinajstić information content (AvgIpc) is 2.65. The highest BCUT2D eigenvalue weighted by atomic mass is 16.5. The van der Waals surface area contributed by atoms with Crippen molar-refractivity contribution in [1.82, 2.24) is 9.80 Å². The molecular formula is C19H30N2O4. The van der Waals surface area contributed by atoms with Crippen LogP contribution in [0.2, 0.25) is 0 Å². The summed E-state index contributed by atoms with van der Waals surface area (Å²) in [5.41, 5.74) is 2.59. The number of hydrogen-bond donors (Lipinski definition) is 1. The summed E-state index contributed by atoms with van der Waals surface area (Å²) in [6.07, 6.45) is 4.67. The van der Waals surface area contributed by atoms with Crippen LogP contribution in [0.25, 0.3) is 0 Å². The summed E-state index contributed by atoms with van der Waals surface area (Å²) in [6, 6.07) is 0.676. The van der Waals surface area contributed by atoms with Crippen molar-refractivity contribution in [2.45, 2.75) is 45.2 Å². The van der Waals surface area contributed by atoms with Crippen LogP contribution in [0.5, 0.6) is 0 Å². The molecule has 1 aliphatic carbocycles. The van der Waals surface area contributed by atoms with Gasteiger partial charge < -0.3 is 19.5 Å². The second kappa shape index (κ2) is 8.34. The highest BCUT2D eigenvalue weighted by molar-refractivity contribution is 5.92. The zero-order valence-corrected chi connectivity index (χ0v) is 15.4. The van der Waals surface area contributed by atoms with Crippen molar-refractivity contribution >= 4 is 5.97 Å². The maximum Gasteiger partial charge on any atom is 0.335 e. The van der Waals surface area contributed by atoms with Crippen molar-refractivity contribution in [1.29, 1.82) is 0 Å². The zero-order valence-electron chi connectivity index (χ0n) is 15.4. The van der Waals surface area contributed by atoms with E-state index in [-0.39, 0.29) is 6.04 Å². The maximum atomic E-state index is 11.7. The minimum absolute atomic E-state index is 0.245. The zero-order chi connectivity index (χ0) is 17.8. The maximum absolute atomic E-state index is 11.7. The number of rotatable bonds is 5. The highest BCUT2D eigenvalue weighted by Crippen LogP contribution is 2.34. The highest BCUT2D eigenvalue weighted by Gasteiger charge is 2.35. The number of carbonyl (C=O) groups is 1. The standard InChI is InChI=1S/C19H30N2O4/c1-3-21(15-6-10-24-11-7-15)18-14(2)16(19(22)23)4-5-17(18)20-8-12-25-13-9-20/h4,15,17H,3,5-13H2,1-2H3,(H,22,23). The lowest BCUT2D eigenvalue weighted by Gasteiger charge is -2.46. The molecule has 2 saturated heterocycles. The van der Waals surface area contributed by atoms with Crippen molar-refractivity contribution in [3.05, 3.63) is 22.9 Å². The topological polar surface area (TPSA) is 62.2 Å². The normalized spacial score (nSPS) is 26.5. The number of nitrogens with zero attached hydrogens (tertiary/aromatic N) is 2. The second-order valence-electron chi connectivity index (χ2n) is 6.96. The van der Waals surface area contributed by atoms with Gasteiger partial charge in [-0.05, 0) is 38.7 Å². The van der Waals surface area contributed by atoms with Crippen LogP contribution >= 0.6 is 0 Å². The quantitative estimate of drug-likeness (QED) is 0.817. The Balaban J connectivity index is 1.94. The van der Waals surface area contributed by atoms with E-state index in [2.05, 4.69) is 16.7 Å². The summed E-state index contributed by atoms with van der Waals surface area (Å²) >= 11 is 0. The first-order chi connectivity index (χ1) is 12.1. The molecule has 3 rings (SSSR count). The smallest absolute Gasteiger partial charge is 0.335 e. The van der Waals surface area contributed by atoms with E-state index in [1.54, 1.807) is 0 Å². The van der Waals surface area contributed by atoms with Gasteiger partial charge in [0.05, 0.1) is 24.8 Å². The fourth-order valence-corrected chi connectivity index (χ4v) is 4.37. The molecule has 0 aromatic carbocycles. The molecule has 1 unspecified atom stereocenters.